The standard InChI is InChI=1S/C33H32N8O2/c34-27(17-22-18-36-28-11-5-4-10-26(22)28)33(42)40-16-6-7-23(19-40)41-32-29(31(35)37-20-38-32)30(39-41)21-12-14-25(15-13-21)43-24-8-2-1-3-9-24/h1-5,8-15,18,20,23,27,36H,6-7,16-17,19,34H2,(H2,35,37,38)/t23-,27+/m1/s1. The molecule has 0 aliphatic carbocycles. The number of anilines is 1. The summed E-state index contributed by atoms with van der Waals surface area (Å²) in [5.74, 6) is 1.78. The first-order chi connectivity index (χ1) is 21.0. The summed E-state index contributed by atoms with van der Waals surface area (Å²) in [6, 6.07) is 24.7. The molecule has 10 heteroatoms. The van der Waals surface area contributed by atoms with Crippen molar-refractivity contribution in [3.8, 4) is 22.8 Å². The van der Waals surface area contributed by atoms with Crippen LogP contribution in [0.1, 0.15) is 24.4 Å². The lowest BCUT2D eigenvalue weighted by atomic mass is 10.0. The zero-order valence-electron chi connectivity index (χ0n) is 23.6. The number of likely N-dealkylation sites (tertiary alicyclic amines) is 1. The van der Waals surface area contributed by atoms with E-state index in [1.807, 2.05) is 94.6 Å². The van der Waals surface area contributed by atoms with Crippen molar-refractivity contribution < 1.29 is 9.53 Å². The van der Waals surface area contributed by atoms with Gasteiger partial charge in [-0.05, 0) is 67.3 Å². The van der Waals surface area contributed by atoms with E-state index >= 15 is 0 Å². The number of hydrogen-bond acceptors (Lipinski definition) is 7. The smallest absolute Gasteiger partial charge is 0.239 e. The third kappa shape index (κ3) is 5.17. The first-order valence-corrected chi connectivity index (χ1v) is 14.5. The van der Waals surface area contributed by atoms with Crippen LogP contribution in [0, 0.1) is 0 Å². The Morgan fingerprint density at radius 2 is 1.77 bits per heavy atom. The van der Waals surface area contributed by atoms with E-state index < -0.39 is 6.04 Å². The zero-order chi connectivity index (χ0) is 29.3. The first-order valence-electron chi connectivity index (χ1n) is 14.5. The maximum Gasteiger partial charge on any atom is 0.239 e. The Hall–Kier alpha value is -5.22. The Morgan fingerprint density at radius 3 is 2.60 bits per heavy atom. The number of rotatable bonds is 7. The lowest BCUT2D eigenvalue weighted by Crippen LogP contribution is -2.49. The first kappa shape index (κ1) is 26.7. The van der Waals surface area contributed by atoms with Crippen molar-refractivity contribution in [3.63, 3.8) is 0 Å². The van der Waals surface area contributed by atoms with E-state index in [0.29, 0.717) is 47.8 Å². The van der Waals surface area contributed by atoms with Crippen molar-refractivity contribution in [2.24, 2.45) is 5.73 Å². The van der Waals surface area contributed by atoms with E-state index in [9.17, 15) is 4.79 Å². The number of H-pyrrole nitrogens is 1. The molecule has 43 heavy (non-hydrogen) atoms. The van der Waals surface area contributed by atoms with Gasteiger partial charge in [-0.1, -0.05) is 36.4 Å². The quantitative estimate of drug-likeness (QED) is 0.242. The highest BCUT2D eigenvalue weighted by Crippen LogP contribution is 2.35. The summed E-state index contributed by atoms with van der Waals surface area (Å²) in [5.41, 5.74) is 17.2. The molecule has 2 atom stereocenters. The number of ether oxygens (including phenoxy) is 1. The van der Waals surface area contributed by atoms with Crippen molar-refractivity contribution in [1.29, 1.82) is 0 Å². The summed E-state index contributed by atoms with van der Waals surface area (Å²) < 4.78 is 7.87. The van der Waals surface area contributed by atoms with Crippen LogP contribution in [0.15, 0.2) is 91.4 Å². The number of nitrogens with two attached hydrogens (primary N) is 2. The molecule has 10 nitrogen and oxygen atoms in total. The molecular weight excluding hydrogens is 540 g/mol. The molecule has 3 aromatic heterocycles. The summed E-state index contributed by atoms with van der Waals surface area (Å²) in [4.78, 5) is 27.5. The van der Waals surface area contributed by atoms with E-state index in [-0.39, 0.29) is 11.9 Å². The number of amides is 1. The van der Waals surface area contributed by atoms with Gasteiger partial charge in [-0.2, -0.15) is 5.10 Å². The van der Waals surface area contributed by atoms with Gasteiger partial charge in [0.15, 0.2) is 5.65 Å². The molecule has 1 amide bonds. The topological polar surface area (TPSA) is 141 Å². The minimum absolute atomic E-state index is 0.0604. The Kier molecular flexibility index (Phi) is 6.96. The second-order valence-electron chi connectivity index (χ2n) is 10.9. The third-order valence-corrected chi connectivity index (χ3v) is 8.11. The van der Waals surface area contributed by atoms with Gasteiger partial charge in [0.25, 0.3) is 0 Å². The summed E-state index contributed by atoms with van der Waals surface area (Å²) >= 11 is 0. The van der Waals surface area contributed by atoms with Crippen LogP contribution >= 0.6 is 0 Å². The predicted octanol–water partition coefficient (Wildman–Crippen LogP) is 5.08. The minimum Gasteiger partial charge on any atom is -0.457 e. The molecule has 7 rings (SSSR count). The molecule has 0 unspecified atom stereocenters. The molecule has 3 aromatic carbocycles. The molecule has 0 spiro atoms. The van der Waals surface area contributed by atoms with Crippen LogP contribution in [0.3, 0.4) is 0 Å². The monoisotopic (exact) mass is 572 g/mol. The second kappa shape index (κ2) is 11.2. The number of benzene rings is 3. The third-order valence-electron chi connectivity index (χ3n) is 8.11. The number of fused-ring (bicyclic) bond motifs is 2. The maximum absolute atomic E-state index is 13.5. The van der Waals surface area contributed by atoms with Gasteiger partial charge in [0.1, 0.15) is 29.3 Å². The fourth-order valence-electron chi connectivity index (χ4n) is 5.97. The van der Waals surface area contributed by atoms with Crippen LogP contribution in [0.25, 0.3) is 33.2 Å². The van der Waals surface area contributed by atoms with Crippen LogP contribution in [-0.4, -0.2) is 54.7 Å². The van der Waals surface area contributed by atoms with E-state index in [1.54, 1.807) is 0 Å². The molecule has 6 aromatic rings. The number of aromatic amines is 1. The lowest BCUT2D eigenvalue weighted by molar-refractivity contribution is -0.134. The van der Waals surface area contributed by atoms with Crippen molar-refractivity contribution in [3.05, 3.63) is 97.0 Å². The number of para-hydroxylation sites is 2. The molecule has 1 aliphatic heterocycles. The summed E-state index contributed by atoms with van der Waals surface area (Å²) in [6.45, 7) is 1.15. The van der Waals surface area contributed by atoms with Gasteiger partial charge in [0.05, 0.1) is 17.5 Å². The SMILES string of the molecule is Nc1ncnc2c1c(-c1ccc(Oc3ccccc3)cc1)nn2[C@@H]1CCCN(C(=O)[C@@H](N)Cc2c[nH]c3ccccc23)C1. The fourth-order valence-corrected chi connectivity index (χ4v) is 5.97. The minimum atomic E-state index is -0.641. The van der Waals surface area contributed by atoms with Crippen molar-refractivity contribution >= 4 is 33.7 Å². The summed E-state index contributed by atoms with van der Waals surface area (Å²) in [6.07, 6.45) is 5.55. The van der Waals surface area contributed by atoms with E-state index in [2.05, 4.69) is 15.0 Å². The zero-order valence-corrected chi connectivity index (χ0v) is 23.6. The second-order valence-corrected chi connectivity index (χ2v) is 10.9. The van der Waals surface area contributed by atoms with Crippen LogP contribution in [0.2, 0.25) is 0 Å². The van der Waals surface area contributed by atoms with Crippen LogP contribution in [-0.2, 0) is 11.2 Å². The molecule has 1 saturated heterocycles. The number of nitrogen functional groups attached to an aromatic ring is 1. The molecule has 0 radical (unpaired) electrons. The summed E-state index contributed by atoms with van der Waals surface area (Å²) in [7, 11) is 0. The van der Waals surface area contributed by atoms with Crippen molar-refractivity contribution in [2.45, 2.75) is 31.3 Å². The van der Waals surface area contributed by atoms with Crippen LogP contribution in [0.5, 0.6) is 11.5 Å². The Labute approximate surface area is 248 Å². The summed E-state index contributed by atoms with van der Waals surface area (Å²) in [5, 5.41) is 6.80. The molecule has 0 saturated carbocycles. The Balaban J connectivity index is 1.13. The predicted molar refractivity (Wildman–Crippen MR) is 167 cm³/mol. The number of nitrogens with zero attached hydrogens (tertiary/aromatic N) is 5. The Morgan fingerprint density at radius 1 is 1.00 bits per heavy atom. The number of piperidine rings is 1. The molecule has 0 bridgehead atoms. The van der Waals surface area contributed by atoms with Crippen molar-refractivity contribution in [1.82, 2.24) is 29.6 Å². The largest absolute Gasteiger partial charge is 0.457 e. The average molecular weight is 573 g/mol. The highest BCUT2D eigenvalue weighted by Gasteiger charge is 2.31. The lowest BCUT2D eigenvalue weighted by Gasteiger charge is -2.34. The molecule has 1 aliphatic rings. The molecular formula is C33H32N8O2. The van der Waals surface area contributed by atoms with Gasteiger partial charge in [-0.3, -0.25) is 4.79 Å². The van der Waals surface area contributed by atoms with Gasteiger partial charge in [-0.25, -0.2) is 14.6 Å². The molecule has 1 fully saturated rings. The Bertz CT molecular complexity index is 1900. The van der Waals surface area contributed by atoms with Crippen molar-refractivity contribution in [2.75, 3.05) is 18.8 Å². The fraction of sp³-hybridized carbons (Fsp3) is 0.212. The highest BCUT2D eigenvalue weighted by atomic mass is 16.5. The maximum atomic E-state index is 13.5. The van der Waals surface area contributed by atoms with Gasteiger partial charge >= 0.3 is 0 Å². The molecule has 4 heterocycles. The number of aromatic nitrogens is 5. The van der Waals surface area contributed by atoms with Crippen LogP contribution in [0.4, 0.5) is 5.82 Å². The van der Waals surface area contributed by atoms with E-state index in [4.69, 9.17) is 21.3 Å². The number of hydrogen-bond donors (Lipinski definition) is 3. The number of nitrogens with one attached hydrogen (secondary N) is 1. The van der Waals surface area contributed by atoms with Gasteiger partial charge in [-0.15, -0.1) is 0 Å². The van der Waals surface area contributed by atoms with Gasteiger partial charge < -0.3 is 26.1 Å². The molecule has 5 N–H and O–H groups in total. The van der Waals surface area contributed by atoms with Gasteiger partial charge in [0.2, 0.25) is 5.91 Å². The van der Waals surface area contributed by atoms with Gasteiger partial charge in [0, 0.05) is 35.8 Å². The van der Waals surface area contributed by atoms with E-state index in [1.165, 1.54) is 6.33 Å². The molecule has 216 valence electrons. The average Bonchev–Trinajstić information content (AvgIpc) is 3.64. The van der Waals surface area contributed by atoms with Crippen LogP contribution < -0.4 is 16.2 Å². The highest BCUT2D eigenvalue weighted by molar-refractivity contribution is 5.98. The van der Waals surface area contributed by atoms with E-state index in [0.717, 1.165) is 40.6 Å². The number of carbonyl (C=O) groups excluding carboxylic acids is 1. The number of carbonyl (C=O) groups is 1. The normalized spacial score (nSPS) is 16.0.